The Labute approximate surface area is 193 Å². The van der Waals surface area contributed by atoms with Crippen molar-refractivity contribution in [3.05, 3.63) is 42.2 Å². The molecule has 30 heavy (non-hydrogen) atoms. The number of carbonyl (C=O) groups excluding carboxylic acids is 2. The van der Waals surface area contributed by atoms with Crippen LogP contribution in [0.4, 0.5) is 11.4 Å². The summed E-state index contributed by atoms with van der Waals surface area (Å²) < 4.78 is 1.67. The normalized spacial score (nSPS) is 14.4. The quantitative estimate of drug-likeness (QED) is 0.351. The van der Waals surface area contributed by atoms with Crippen molar-refractivity contribution in [2.45, 2.75) is 13.3 Å². The van der Waals surface area contributed by atoms with E-state index in [1.807, 2.05) is 42.4 Å². The summed E-state index contributed by atoms with van der Waals surface area (Å²) >= 11 is 0. The maximum atomic E-state index is 12.6. The van der Waals surface area contributed by atoms with Crippen molar-refractivity contribution < 1.29 is 9.59 Å². The summed E-state index contributed by atoms with van der Waals surface area (Å²) in [6.45, 7) is 3.47. The molecule has 0 unspecified atom stereocenters. The number of nitrogens with one attached hydrogen (secondary N) is 2. The third-order valence-electron chi connectivity index (χ3n) is 4.76. The zero-order chi connectivity index (χ0) is 20.8. The molecule has 2 heterocycles. The first-order chi connectivity index (χ1) is 14.0. The molecule has 0 spiro atoms. The molecule has 10 heteroatoms. The summed E-state index contributed by atoms with van der Waals surface area (Å²) in [5, 5.41) is 10.0. The molecule has 162 valence electrons. The van der Waals surface area contributed by atoms with Crippen LogP contribution < -0.4 is 15.5 Å². The average Bonchev–Trinajstić information content (AvgIpc) is 3.14. The van der Waals surface area contributed by atoms with Gasteiger partial charge in [-0.3, -0.25) is 19.3 Å². The number of aryl methyl sites for hydroxylation is 2. The smallest absolute Gasteiger partial charge is 0.246 e. The van der Waals surface area contributed by atoms with Crippen LogP contribution in [0, 0.1) is 0 Å². The standard InChI is InChI=1S/C20H27N7O2.HI/c1-4-15-6-5-7-16(10-15)24-18(28)12-22-20(21-2)26-8-9-27(19(29)14-26)17-11-23-25(3)13-17;/h5-7,10-11,13H,4,8-9,12,14H2,1-3H3,(H,21,22)(H,24,28);1H. The molecule has 1 aromatic heterocycles. The summed E-state index contributed by atoms with van der Waals surface area (Å²) in [6.07, 6.45) is 4.41. The Morgan fingerprint density at radius 1 is 1.30 bits per heavy atom. The van der Waals surface area contributed by atoms with Crippen LogP contribution in [0.3, 0.4) is 0 Å². The molecule has 0 aliphatic carbocycles. The number of amides is 2. The molecule has 0 saturated carbocycles. The van der Waals surface area contributed by atoms with E-state index in [-0.39, 0.29) is 48.9 Å². The maximum Gasteiger partial charge on any atom is 0.246 e. The Bertz CT molecular complexity index is 912. The maximum absolute atomic E-state index is 12.6. The molecule has 1 aromatic carbocycles. The Morgan fingerprint density at radius 2 is 2.10 bits per heavy atom. The highest BCUT2D eigenvalue weighted by Gasteiger charge is 2.27. The number of aliphatic imine (C=N–C) groups is 1. The van der Waals surface area contributed by atoms with Crippen LogP contribution in [0.25, 0.3) is 0 Å². The number of nitrogens with zero attached hydrogens (tertiary/aromatic N) is 5. The van der Waals surface area contributed by atoms with Crippen molar-refractivity contribution in [2.24, 2.45) is 12.0 Å². The van der Waals surface area contributed by atoms with Gasteiger partial charge in [0.15, 0.2) is 5.96 Å². The van der Waals surface area contributed by atoms with Gasteiger partial charge in [-0.05, 0) is 24.1 Å². The van der Waals surface area contributed by atoms with Crippen molar-refractivity contribution in [1.82, 2.24) is 20.0 Å². The first-order valence-corrected chi connectivity index (χ1v) is 9.63. The number of piperazine rings is 1. The van der Waals surface area contributed by atoms with Gasteiger partial charge in [-0.2, -0.15) is 5.10 Å². The van der Waals surface area contributed by atoms with Gasteiger partial charge in [0.1, 0.15) is 6.54 Å². The molecular formula is C20H28IN7O2. The second-order valence-corrected chi connectivity index (χ2v) is 6.84. The summed E-state index contributed by atoms with van der Waals surface area (Å²) in [4.78, 5) is 32.6. The van der Waals surface area contributed by atoms with Crippen molar-refractivity contribution in [3.8, 4) is 0 Å². The van der Waals surface area contributed by atoms with Crippen LogP contribution in [0.5, 0.6) is 0 Å². The SMILES string of the molecule is CCc1cccc(NC(=O)CNC(=NC)N2CCN(c3cnn(C)c3)C(=O)C2)c1.I. The van der Waals surface area contributed by atoms with Crippen LogP contribution in [-0.2, 0) is 23.1 Å². The van der Waals surface area contributed by atoms with Crippen molar-refractivity contribution >= 4 is 53.1 Å². The summed E-state index contributed by atoms with van der Waals surface area (Å²) in [5.74, 6) is 0.328. The molecule has 2 amide bonds. The van der Waals surface area contributed by atoms with E-state index in [9.17, 15) is 9.59 Å². The third-order valence-corrected chi connectivity index (χ3v) is 4.76. The van der Waals surface area contributed by atoms with Crippen molar-refractivity contribution in [3.63, 3.8) is 0 Å². The minimum Gasteiger partial charge on any atom is -0.347 e. The molecule has 0 bridgehead atoms. The van der Waals surface area contributed by atoms with E-state index in [1.54, 1.807) is 22.8 Å². The number of guanidine groups is 1. The molecule has 1 fully saturated rings. The largest absolute Gasteiger partial charge is 0.347 e. The molecule has 2 aromatic rings. The molecule has 1 saturated heterocycles. The van der Waals surface area contributed by atoms with Gasteiger partial charge in [-0.25, -0.2) is 0 Å². The molecule has 9 nitrogen and oxygen atoms in total. The number of anilines is 2. The number of hydrogen-bond acceptors (Lipinski definition) is 4. The van der Waals surface area contributed by atoms with Gasteiger partial charge >= 0.3 is 0 Å². The number of benzene rings is 1. The molecule has 1 aliphatic heterocycles. The lowest BCUT2D eigenvalue weighted by Gasteiger charge is -2.35. The highest BCUT2D eigenvalue weighted by Crippen LogP contribution is 2.16. The monoisotopic (exact) mass is 525 g/mol. The number of carbonyl (C=O) groups is 2. The van der Waals surface area contributed by atoms with Gasteiger partial charge in [-0.15, -0.1) is 24.0 Å². The minimum absolute atomic E-state index is 0. The fraction of sp³-hybridized carbons (Fsp3) is 0.400. The number of halogens is 1. The van der Waals surface area contributed by atoms with Gasteiger partial charge in [-0.1, -0.05) is 19.1 Å². The van der Waals surface area contributed by atoms with Crippen LogP contribution in [-0.4, -0.2) is 65.7 Å². The topological polar surface area (TPSA) is 94.9 Å². The van der Waals surface area contributed by atoms with Crippen molar-refractivity contribution in [1.29, 1.82) is 0 Å². The second kappa shape index (κ2) is 11.0. The Kier molecular flexibility index (Phi) is 8.63. The number of aromatic nitrogens is 2. The van der Waals surface area contributed by atoms with Crippen LogP contribution >= 0.6 is 24.0 Å². The van der Waals surface area contributed by atoms with Gasteiger partial charge < -0.3 is 20.4 Å². The highest BCUT2D eigenvalue weighted by atomic mass is 127. The Hall–Kier alpha value is -2.63. The summed E-state index contributed by atoms with van der Waals surface area (Å²) in [6, 6.07) is 7.78. The average molecular weight is 525 g/mol. The molecule has 0 atom stereocenters. The molecule has 0 radical (unpaired) electrons. The Balaban J connectivity index is 0.00000320. The van der Waals surface area contributed by atoms with E-state index >= 15 is 0 Å². The lowest BCUT2D eigenvalue weighted by atomic mass is 10.1. The van der Waals surface area contributed by atoms with Crippen LogP contribution in [0.1, 0.15) is 12.5 Å². The van der Waals surface area contributed by atoms with E-state index in [0.717, 1.165) is 23.4 Å². The van der Waals surface area contributed by atoms with Crippen molar-refractivity contribution in [2.75, 3.05) is 43.4 Å². The van der Waals surface area contributed by atoms with E-state index in [4.69, 9.17) is 0 Å². The van der Waals surface area contributed by atoms with Gasteiger partial charge in [0.25, 0.3) is 0 Å². The Morgan fingerprint density at radius 3 is 2.73 bits per heavy atom. The van der Waals surface area contributed by atoms with Crippen LogP contribution in [0.15, 0.2) is 41.7 Å². The first-order valence-electron chi connectivity index (χ1n) is 9.63. The van der Waals surface area contributed by atoms with E-state index < -0.39 is 0 Å². The second-order valence-electron chi connectivity index (χ2n) is 6.84. The number of hydrogen-bond donors (Lipinski definition) is 2. The van der Waals surface area contributed by atoms with Crippen LogP contribution in [0.2, 0.25) is 0 Å². The van der Waals surface area contributed by atoms with E-state index in [1.165, 1.54) is 0 Å². The molecule has 1 aliphatic rings. The summed E-state index contributed by atoms with van der Waals surface area (Å²) in [7, 11) is 3.46. The fourth-order valence-corrected chi connectivity index (χ4v) is 3.24. The van der Waals surface area contributed by atoms with Gasteiger partial charge in [0.2, 0.25) is 11.8 Å². The molecule has 3 rings (SSSR count). The minimum atomic E-state index is -0.167. The molecular weight excluding hydrogens is 497 g/mol. The lowest BCUT2D eigenvalue weighted by Crippen LogP contribution is -2.56. The zero-order valence-electron chi connectivity index (χ0n) is 17.5. The molecule has 2 N–H and O–H groups in total. The zero-order valence-corrected chi connectivity index (χ0v) is 19.8. The van der Waals surface area contributed by atoms with E-state index in [2.05, 4.69) is 27.6 Å². The highest BCUT2D eigenvalue weighted by molar-refractivity contribution is 14.0. The lowest BCUT2D eigenvalue weighted by molar-refractivity contribution is -0.120. The van der Waals surface area contributed by atoms with Gasteiger partial charge in [0.05, 0.1) is 18.4 Å². The number of rotatable bonds is 5. The first kappa shape index (κ1) is 23.6. The third kappa shape index (κ3) is 5.94. The fourth-order valence-electron chi connectivity index (χ4n) is 3.24. The summed E-state index contributed by atoms with van der Waals surface area (Å²) in [5.41, 5.74) is 2.72. The van der Waals surface area contributed by atoms with Gasteiger partial charge in [0, 0.05) is 39.1 Å². The predicted molar refractivity (Wildman–Crippen MR) is 128 cm³/mol. The van der Waals surface area contributed by atoms with E-state index in [0.29, 0.717) is 19.0 Å². The predicted octanol–water partition coefficient (Wildman–Crippen LogP) is 1.46.